The van der Waals surface area contributed by atoms with Crippen molar-refractivity contribution < 1.29 is 18.3 Å². The van der Waals surface area contributed by atoms with Gasteiger partial charge in [0.25, 0.3) is 0 Å². The van der Waals surface area contributed by atoms with Crippen LogP contribution in [0.2, 0.25) is 0 Å². The molecule has 0 radical (unpaired) electrons. The van der Waals surface area contributed by atoms with E-state index in [9.17, 15) is 13.6 Å². The predicted molar refractivity (Wildman–Crippen MR) is 67.1 cm³/mol. The molecule has 1 N–H and O–H groups in total. The number of amides is 1. The zero-order valence-electron chi connectivity index (χ0n) is 10.3. The molecule has 1 aromatic rings. The fraction of sp³-hybridized carbons (Fsp3) is 0.417. The van der Waals surface area contributed by atoms with Gasteiger partial charge in [0.05, 0.1) is 4.47 Å². The summed E-state index contributed by atoms with van der Waals surface area (Å²) in [6.07, 6.45) is -0.676. The topological polar surface area (TPSA) is 38.3 Å². The lowest BCUT2D eigenvalue weighted by Gasteiger charge is -2.19. The van der Waals surface area contributed by atoms with Gasteiger partial charge in [-0.25, -0.2) is 13.6 Å². The van der Waals surface area contributed by atoms with E-state index in [1.54, 1.807) is 20.8 Å². The van der Waals surface area contributed by atoms with Gasteiger partial charge in [-0.1, -0.05) is 0 Å². The molecule has 0 aromatic heterocycles. The van der Waals surface area contributed by atoms with Gasteiger partial charge in [-0.15, -0.1) is 0 Å². The van der Waals surface area contributed by atoms with Crippen molar-refractivity contribution in [3.63, 3.8) is 0 Å². The largest absolute Gasteiger partial charge is 0.444 e. The zero-order valence-corrected chi connectivity index (χ0v) is 11.9. The Bertz CT molecular complexity index is 458. The summed E-state index contributed by atoms with van der Waals surface area (Å²) in [6, 6.07) is 2.04. The standard InChI is InChI=1S/C12H14BrF2NO2/c1-12(2,3)18-11(17)16-6-7-4-10(15)8(13)5-9(7)14/h4-5H,6H2,1-3H3,(H,16,17). The molecule has 0 heterocycles. The maximum atomic E-state index is 13.4. The Kier molecular flexibility index (Phi) is 4.67. The molecule has 0 bridgehead atoms. The lowest BCUT2D eigenvalue weighted by atomic mass is 10.2. The fourth-order valence-electron chi connectivity index (χ4n) is 1.18. The van der Waals surface area contributed by atoms with E-state index >= 15 is 0 Å². The average molecular weight is 322 g/mol. The second-order valence-electron chi connectivity index (χ2n) is 4.71. The molecule has 6 heteroatoms. The molecule has 18 heavy (non-hydrogen) atoms. The molecular weight excluding hydrogens is 308 g/mol. The third-order valence-electron chi connectivity index (χ3n) is 1.91. The van der Waals surface area contributed by atoms with Crippen LogP contribution in [0.1, 0.15) is 26.3 Å². The highest BCUT2D eigenvalue weighted by atomic mass is 79.9. The van der Waals surface area contributed by atoms with Crippen LogP contribution < -0.4 is 5.32 Å². The van der Waals surface area contributed by atoms with Gasteiger partial charge < -0.3 is 10.1 Å². The van der Waals surface area contributed by atoms with Crippen molar-refractivity contribution in [3.8, 4) is 0 Å². The SMILES string of the molecule is CC(C)(C)OC(=O)NCc1cc(F)c(Br)cc1F. The van der Waals surface area contributed by atoms with Gasteiger partial charge in [-0.2, -0.15) is 0 Å². The lowest BCUT2D eigenvalue weighted by Crippen LogP contribution is -2.32. The van der Waals surface area contributed by atoms with Crippen molar-refractivity contribution in [2.75, 3.05) is 0 Å². The summed E-state index contributed by atoms with van der Waals surface area (Å²) in [7, 11) is 0. The second kappa shape index (κ2) is 5.65. The minimum Gasteiger partial charge on any atom is -0.444 e. The number of carbonyl (C=O) groups is 1. The van der Waals surface area contributed by atoms with Crippen LogP contribution in [0.5, 0.6) is 0 Å². The summed E-state index contributed by atoms with van der Waals surface area (Å²) in [5.74, 6) is -1.18. The molecule has 0 unspecified atom stereocenters. The van der Waals surface area contributed by atoms with E-state index in [2.05, 4.69) is 21.2 Å². The van der Waals surface area contributed by atoms with Crippen LogP contribution in [-0.2, 0) is 11.3 Å². The zero-order chi connectivity index (χ0) is 13.9. The maximum Gasteiger partial charge on any atom is 0.407 e. The summed E-state index contributed by atoms with van der Waals surface area (Å²) in [6.45, 7) is 5.01. The van der Waals surface area contributed by atoms with Crippen LogP contribution in [0, 0.1) is 11.6 Å². The lowest BCUT2D eigenvalue weighted by molar-refractivity contribution is 0.0523. The third-order valence-corrected chi connectivity index (χ3v) is 2.52. The molecule has 1 rings (SSSR count). The van der Waals surface area contributed by atoms with Crippen molar-refractivity contribution in [1.82, 2.24) is 5.32 Å². The molecule has 0 saturated carbocycles. The van der Waals surface area contributed by atoms with Crippen molar-refractivity contribution >= 4 is 22.0 Å². The first-order chi connectivity index (χ1) is 8.19. The Morgan fingerprint density at radius 1 is 1.33 bits per heavy atom. The molecule has 0 saturated heterocycles. The van der Waals surface area contributed by atoms with Gasteiger partial charge in [0.2, 0.25) is 0 Å². The number of hydrogen-bond donors (Lipinski definition) is 1. The van der Waals surface area contributed by atoms with E-state index in [-0.39, 0.29) is 16.6 Å². The first-order valence-electron chi connectivity index (χ1n) is 5.29. The average Bonchev–Trinajstić information content (AvgIpc) is 2.19. The van der Waals surface area contributed by atoms with Crippen LogP contribution in [0.15, 0.2) is 16.6 Å². The Hall–Kier alpha value is -1.17. The molecule has 0 fully saturated rings. The minimum absolute atomic E-state index is 0.0426. The van der Waals surface area contributed by atoms with Crippen LogP contribution in [0.4, 0.5) is 13.6 Å². The van der Waals surface area contributed by atoms with Crippen molar-refractivity contribution in [2.45, 2.75) is 32.9 Å². The van der Waals surface area contributed by atoms with Crippen LogP contribution in [0.25, 0.3) is 0 Å². The molecular formula is C12H14BrF2NO2. The van der Waals surface area contributed by atoms with Gasteiger partial charge in [0.1, 0.15) is 17.2 Å². The summed E-state index contributed by atoms with van der Waals surface area (Å²) < 4.78 is 31.6. The van der Waals surface area contributed by atoms with Crippen molar-refractivity contribution in [2.24, 2.45) is 0 Å². The molecule has 0 spiro atoms. The number of ether oxygens (including phenoxy) is 1. The highest BCUT2D eigenvalue weighted by Gasteiger charge is 2.16. The molecule has 0 aliphatic carbocycles. The Labute approximate surface area is 113 Å². The minimum atomic E-state index is -0.676. The third kappa shape index (κ3) is 4.60. The molecule has 1 amide bonds. The monoisotopic (exact) mass is 321 g/mol. The molecule has 0 aliphatic heterocycles. The number of benzene rings is 1. The predicted octanol–water partition coefficient (Wildman–Crippen LogP) is 3.75. The van der Waals surface area contributed by atoms with Crippen molar-refractivity contribution in [3.05, 3.63) is 33.8 Å². The normalized spacial score (nSPS) is 11.2. The van der Waals surface area contributed by atoms with Gasteiger partial charge in [0, 0.05) is 12.1 Å². The number of nitrogens with one attached hydrogen (secondary N) is 1. The molecule has 3 nitrogen and oxygen atoms in total. The summed E-state index contributed by atoms with van der Waals surface area (Å²) >= 11 is 2.87. The summed E-state index contributed by atoms with van der Waals surface area (Å²) in [5, 5.41) is 2.36. The number of carbonyl (C=O) groups excluding carboxylic acids is 1. The number of alkyl carbamates (subject to hydrolysis) is 1. The van der Waals surface area contributed by atoms with Crippen LogP contribution >= 0.6 is 15.9 Å². The summed E-state index contributed by atoms with van der Waals surface area (Å²) in [5.41, 5.74) is -0.574. The maximum absolute atomic E-state index is 13.4. The van der Waals surface area contributed by atoms with E-state index in [0.717, 1.165) is 12.1 Å². The Balaban J connectivity index is 2.64. The van der Waals surface area contributed by atoms with Gasteiger partial charge >= 0.3 is 6.09 Å². The highest BCUT2D eigenvalue weighted by molar-refractivity contribution is 9.10. The van der Waals surface area contributed by atoms with Gasteiger partial charge in [0.15, 0.2) is 0 Å². The molecule has 0 aliphatic rings. The Morgan fingerprint density at radius 3 is 2.50 bits per heavy atom. The van der Waals surface area contributed by atoms with E-state index in [1.165, 1.54) is 0 Å². The molecule has 1 aromatic carbocycles. The highest BCUT2D eigenvalue weighted by Crippen LogP contribution is 2.19. The van der Waals surface area contributed by atoms with Crippen LogP contribution in [0.3, 0.4) is 0 Å². The van der Waals surface area contributed by atoms with E-state index in [0.29, 0.717) is 0 Å². The van der Waals surface area contributed by atoms with E-state index < -0.39 is 23.3 Å². The number of halogens is 3. The molecule has 100 valence electrons. The Morgan fingerprint density at radius 2 is 1.94 bits per heavy atom. The summed E-state index contributed by atoms with van der Waals surface area (Å²) in [4.78, 5) is 11.3. The first kappa shape index (κ1) is 14.9. The van der Waals surface area contributed by atoms with E-state index in [1.807, 2.05) is 0 Å². The van der Waals surface area contributed by atoms with Crippen LogP contribution in [-0.4, -0.2) is 11.7 Å². The fourth-order valence-corrected chi connectivity index (χ4v) is 1.50. The van der Waals surface area contributed by atoms with Gasteiger partial charge in [-0.3, -0.25) is 0 Å². The molecule has 0 atom stereocenters. The number of rotatable bonds is 2. The second-order valence-corrected chi connectivity index (χ2v) is 5.57. The van der Waals surface area contributed by atoms with Crippen molar-refractivity contribution in [1.29, 1.82) is 0 Å². The van der Waals surface area contributed by atoms with Gasteiger partial charge in [-0.05, 0) is 48.8 Å². The van der Waals surface area contributed by atoms with E-state index in [4.69, 9.17) is 4.74 Å². The smallest absolute Gasteiger partial charge is 0.407 e. The number of hydrogen-bond acceptors (Lipinski definition) is 2. The first-order valence-corrected chi connectivity index (χ1v) is 6.08. The quantitative estimate of drug-likeness (QED) is 0.842.